The molecule has 168 valence electrons. The molecule has 0 aliphatic carbocycles. The number of halogens is 2. The van der Waals surface area contributed by atoms with Crippen molar-refractivity contribution in [3.63, 3.8) is 0 Å². The average molecular weight is 482 g/mol. The highest BCUT2D eigenvalue weighted by Gasteiger charge is 2.12. The number of nitrogens with one attached hydrogen (secondary N) is 1. The van der Waals surface area contributed by atoms with E-state index in [0.29, 0.717) is 39.3 Å². The minimum Gasteiger partial charge on any atom is -0.496 e. The molecule has 1 aromatic heterocycles. The fourth-order valence-electron chi connectivity index (χ4n) is 3.22. The molecule has 33 heavy (non-hydrogen) atoms. The summed E-state index contributed by atoms with van der Waals surface area (Å²) in [6, 6.07) is 19.8. The summed E-state index contributed by atoms with van der Waals surface area (Å²) in [7, 11) is 1.58. The van der Waals surface area contributed by atoms with Gasteiger partial charge in [0.2, 0.25) is 0 Å². The van der Waals surface area contributed by atoms with E-state index in [-0.39, 0.29) is 12.5 Å². The lowest BCUT2D eigenvalue weighted by Gasteiger charge is -2.12. The summed E-state index contributed by atoms with van der Waals surface area (Å²) in [5.74, 6) is 1.05. The van der Waals surface area contributed by atoms with Crippen LogP contribution in [0.25, 0.3) is 0 Å². The number of hydrogen-bond acceptors (Lipinski definition) is 4. The normalized spacial score (nSPS) is 10.6. The number of hydrogen-bond donors (Lipinski definition) is 1. The van der Waals surface area contributed by atoms with E-state index in [1.165, 1.54) is 0 Å². The molecule has 8 heteroatoms. The first-order chi connectivity index (χ1) is 16.0. The summed E-state index contributed by atoms with van der Waals surface area (Å²) in [4.78, 5) is 12.8. The number of methoxy groups -OCH3 is 1. The van der Waals surface area contributed by atoms with Crippen LogP contribution in [0, 0.1) is 0 Å². The summed E-state index contributed by atoms with van der Waals surface area (Å²) in [5, 5.41) is 8.51. The van der Waals surface area contributed by atoms with Gasteiger partial charge in [0.25, 0.3) is 5.91 Å². The first-order valence-electron chi connectivity index (χ1n) is 10.1. The zero-order valence-corrected chi connectivity index (χ0v) is 19.3. The summed E-state index contributed by atoms with van der Waals surface area (Å²) in [5.41, 5.74) is 2.89. The number of rotatable bonds is 8. The highest BCUT2D eigenvalue weighted by molar-refractivity contribution is 6.30. The lowest BCUT2D eigenvalue weighted by Crippen LogP contribution is -2.12. The van der Waals surface area contributed by atoms with Crippen molar-refractivity contribution in [2.75, 3.05) is 12.4 Å². The number of carbonyl (C=O) groups excluding carboxylic acids is 1. The van der Waals surface area contributed by atoms with Crippen LogP contribution in [0.4, 0.5) is 5.69 Å². The Labute approximate surface area is 201 Å². The predicted octanol–water partition coefficient (Wildman–Crippen LogP) is 6.08. The maximum atomic E-state index is 12.8. The molecule has 0 fully saturated rings. The van der Waals surface area contributed by atoms with Crippen molar-refractivity contribution in [1.29, 1.82) is 0 Å². The van der Waals surface area contributed by atoms with E-state index < -0.39 is 0 Å². The maximum absolute atomic E-state index is 12.8. The second-order valence-electron chi connectivity index (χ2n) is 7.28. The minimum atomic E-state index is -0.253. The highest BCUT2D eigenvalue weighted by Crippen LogP contribution is 2.24. The molecular weight excluding hydrogens is 461 g/mol. The fourth-order valence-corrected chi connectivity index (χ4v) is 3.47. The van der Waals surface area contributed by atoms with E-state index in [1.54, 1.807) is 66.6 Å². The number of ether oxygens (including phenoxy) is 2. The van der Waals surface area contributed by atoms with Crippen molar-refractivity contribution < 1.29 is 14.3 Å². The number of nitrogens with zero attached hydrogens (tertiary/aromatic N) is 2. The van der Waals surface area contributed by atoms with Gasteiger partial charge in [0.05, 0.1) is 25.5 Å². The molecule has 1 amide bonds. The Morgan fingerprint density at radius 3 is 2.39 bits per heavy atom. The molecule has 4 aromatic rings. The van der Waals surface area contributed by atoms with Gasteiger partial charge >= 0.3 is 0 Å². The molecule has 0 radical (unpaired) electrons. The fraction of sp³-hybridized carbons (Fsp3) is 0.120. The summed E-state index contributed by atoms with van der Waals surface area (Å²) < 4.78 is 13.0. The third-order valence-corrected chi connectivity index (χ3v) is 5.40. The van der Waals surface area contributed by atoms with Crippen molar-refractivity contribution >= 4 is 34.8 Å². The molecule has 1 N–H and O–H groups in total. The number of carbonyl (C=O) groups is 1. The summed E-state index contributed by atoms with van der Waals surface area (Å²) in [6.07, 6.45) is 3.39. The Hall–Kier alpha value is -3.48. The Balaban J connectivity index is 1.42. The van der Waals surface area contributed by atoms with E-state index >= 15 is 0 Å². The van der Waals surface area contributed by atoms with Crippen molar-refractivity contribution in [1.82, 2.24) is 9.78 Å². The number of benzene rings is 3. The predicted molar refractivity (Wildman–Crippen MR) is 130 cm³/mol. The molecular formula is C25H21Cl2N3O3. The smallest absolute Gasteiger partial charge is 0.255 e. The van der Waals surface area contributed by atoms with Crippen molar-refractivity contribution in [2.45, 2.75) is 13.2 Å². The van der Waals surface area contributed by atoms with Gasteiger partial charge in [-0.1, -0.05) is 35.3 Å². The first kappa shape index (κ1) is 22.7. The zero-order valence-electron chi connectivity index (χ0n) is 17.8. The standard InChI is InChI=1S/C25H21Cl2N3O3/c1-32-24-11-4-18(12-19(24)16-33-23-9-7-21(27)8-10-23)25(31)29-22-13-28-30(15-22)14-17-2-5-20(26)6-3-17/h2-13,15H,14,16H2,1H3,(H,29,31). The molecule has 0 aliphatic heterocycles. The van der Waals surface area contributed by atoms with Gasteiger partial charge in [-0.3, -0.25) is 9.48 Å². The van der Waals surface area contributed by atoms with Crippen LogP contribution in [0.5, 0.6) is 11.5 Å². The first-order valence-corrected chi connectivity index (χ1v) is 10.9. The largest absolute Gasteiger partial charge is 0.496 e. The molecule has 4 rings (SSSR count). The molecule has 0 spiro atoms. The van der Waals surface area contributed by atoms with Crippen molar-refractivity contribution in [3.05, 3.63) is 106 Å². The number of anilines is 1. The molecule has 0 aliphatic rings. The van der Waals surface area contributed by atoms with E-state index in [0.717, 1.165) is 11.1 Å². The van der Waals surface area contributed by atoms with Gasteiger partial charge in [0.15, 0.2) is 0 Å². The average Bonchev–Trinajstić information content (AvgIpc) is 3.26. The van der Waals surface area contributed by atoms with Crippen LogP contribution in [0.3, 0.4) is 0 Å². The van der Waals surface area contributed by atoms with E-state index in [9.17, 15) is 4.79 Å². The van der Waals surface area contributed by atoms with Gasteiger partial charge < -0.3 is 14.8 Å². The Morgan fingerprint density at radius 2 is 1.70 bits per heavy atom. The van der Waals surface area contributed by atoms with Crippen LogP contribution in [0.2, 0.25) is 10.0 Å². The molecule has 0 unspecified atom stereocenters. The van der Waals surface area contributed by atoms with Crippen molar-refractivity contribution in [2.24, 2.45) is 0 Å². The molecule has 0 atom stereocenters. The Bertz CT molecular complexity index is 1240. The second-order valence-corrected chi connectivity index (χ2v) is 8.15. The van der Waals surface area contributed by atoms with Crippen LogP contribution in [0.1, 0.15) is 21.5 Å². The van der Waals surface area contributed by atoms with E-state index in [1.807, 2.05) is 24.3 Å². The van der Waals surface area contributed by atoms with Gasteiger partial charge in [-0.2, -0.15) is 5.10 Å². The molecule has 3 aromatic carbocycles. The molecule has 0 bridgehead atoms. The summed E-state index contributed by atoms with van der Waals surface area (Å²) in [6.45, 7) is 0.812. The van der Waals surface area contributed by atoms with Crippen LogP contribution in [0.15, 0.2) is 79.1 Å². The van der Waals surface area contributed by atoms with Gasteiger partial charge in [0.1, 0.15) is 18.1 Å². The van der Waals surface area contributed by atoms with Gasteiger partial charge in [-0.15, -0.1) is 0 Å². The SMILES string of the molecule is COc1ccc(C(=O)Nc2cnn(Cc3ccc(Cl)cc3)c2)cc1COc1ccc(Cl)cc1. The van der Waals surface area contributed by atoms with Gasteiger partial charge in [0, 0.05) is 27.4 Å². The Kier molecular flexibility index (Phi) is 7.17. The molecule has 0 saturated heterocycles. The van der Waals surface area contributed by atoms with Crippen molar-refractivity contribution in [3.8, 4) is 11.5 Å². The van der Waals surface area contributed by atoms with Crippen LogP contribution >= 0.6 is 23.2 Å². The van der Waals surface area contributed by atoms with Crippen LogP contribution < -0.4 is 14.8 Å². The lowest BCUT2D eigenvalue weighted by atomic mass is 10.1. The van der Waals surface area contributed by atoms with E-state index in [4.69, 9.17) is 32.7 Å². The second kappa shape index (κ2) is 10.4. The quantitative estimate of drug-likeness (QED) is 0.331. The minimum absolute atomic E-state index is 0.241. The lowest BCUT2D eigenvalue weighted by molar-refractivity contribution is 0.102. The van der Waals surface area contributed by atoms with Crippen LogP contribution in [-0.2, 0) is 13.2 Å². The topological polar surface area (TPSA) is 65.4 Å². The van der Waals surface area contributed by atoms with Gasteiger partial charge in [-0.25, -0.2) is 0 Å². The number of amides is 1. The third-order valence-electron chi connectivity index (χ3n) is 4.90. The van der Waals surface area contributed by atoms with E-state index in [2.05, 4.69) is 10.4 Å². The maximum Gasteiger partial charge on any atom is 0.255 e. The molecule has 1 heterocycles. The third kappa shape index (κ3) is 6.06. The Morgan fingerprint density at radius 1 is 1.00 bits per heavy atom. The monoisotopic (exact) mass is 481 g/mol. The highest BCUT2D eigenvalue weighted by atomic mass is 35.5. The molecule has 0 saturated carbocycles. The zero-order chi connectivity index (χ0) is 23.2. The molecule has 6 nitrogen and oxygen atoms in total. The number of aromatic nitrogens is 2. The van der Waals surface area contributed by atoms with Gasteiger partial charge in [-0.05, 0) is 60.2 Å². The van der Waals surface area contributed by atoms with Crippen LogP contribution in [-0.4, -0.2) is 22.8 Å². The summed E-state index contributed by atoms with van der Waals surface area (Å²) >= 11 is 11.8.